The zero-order valence-electron chi connectivity index (χ0n) is 11.3. The summed E-state index contributed by atoms with van der Waals surface area (Å²) in [6.07, 6.45) is 1.25. The summed E-state index contributed by atoms with van der Waals surface area (Å²) < 4.78 is 0. The molecule has 0 spiro atoms. The van der Waals surface area contributed by atoms with Gasteiger partial charge in [0.15, 0.2) is 0 Å². The van der Waals surface area contributed by atoms with Crippen LogP contribution in [0.5, 0.6) is 0 Å². The lowest BCUT2D eigenvalue weighted by molar-refractivity contribution is 0.0304. The monoisotopic (exact) mass is 212 g/mol. The maximum atomic E-state index is 3.68. The first-order valence-electron chi connectivity index (χ1n) is 6.36. The van der Waals surface area contributed by atoms with Gasteiger partial charge in [-0.1, -0.05) is 20.8 Å². The second-order valence-electron chi connectivity index (χ2n) is 6.14. The highest BCUT2D eigenvalue weighted by Gasteiger charge is 2.34. The van der Waals surface area contributed by atoms with E-state index in [1.807, 2.05) is 0 Å². The lowest BCUT2D eigenvalue weighted by Gasteiger charge is -2.48. The Morgan fingerprint density at radius 2 is 1.93 bits per heavy atom. The van der Waals surface area contributed by atoms with Crippen molar-refractivity contribution in [1.82, 2.24) is 10.2 Å². The van der Waals surface area contributed by atoms with Crippen LogP contribution in [-0.4, -0.2) is 35.6 Å². The molecule has 0 saturated carbocycles. The van der Waals surface area contributed by atoms with Crippen molar-refractivity contribution in [1.29, 1.82) is 0 Å². The summed E-state index contributed by atoms with van der Waals surface area (Å²) in [6.45, 7) is 16.3. The molecule has 1 aliphatic rings. The molecule has 0 amide bonds. The maximum absolute atomic E-state index is 3.68. The minimum Gasteiger partial charge on any atom is -0.311 e. The minimum atomic E-state index is 0.302. The number of nitrogens with one attached hydrogen (secondary N) is 1. The zero-order valence-corrected chi connectivity index (χ0v) is 11.3. The van der Waals surface area contributed by atoms with Crippen molar-refractivity contribution in [2.45, 2.75) is 65.6 Å². The first-order valence-corrected chi connectivity index (χ1v) is 6.36. The van der Waals surface area contributed by atoms with Crippen LogP contribution in [0.4, 0.5) is 0 Å². The summed E-state index contributed by atoms with van der Waals surface area (Å²) in [7, 11) is 0. The van der Waals surface area contributed by atoms with E-state index in [2.05, 4.69) is 51.8 Å². The molecule has 1 heterocycles. The highest BCUT2D eigenvalue weighted by atomic mass is 15.3. The standard InChI is InChI=1S/C13H28N2/c1-7-11-8-14-12(10(2)3)9-15(11)13(4,5)6/h10-12,14H,7-9H2,1-6H3. The van der Waals surface area contributed by atoms with Crippen molar-refractivity contribution in [3.05, 3.63) is 0 Å². The Bertz CT molecular complexity index is 193. The van der Waals surface area contributed by atoms with E-state index in [4.69, 9.17) is 0 Å². The van der Waals surface area contributed by atoms with E-state index in [0.717, 1.165) is 12.5 Å². The molecule has 1 fully saturated rings. The lowest BCUT2D eigenvalue weighted by Crippen LogP contribution is -2.62. The Kier molecular flexibility index (Phi) is 4.19. The van der Waals surface area contributed by atoms with Gasteiger partial charge in [0.25, 0.3) is 0 Å². The summed E-state index contributed by atoms with van der Waals surface area (Å²) >= 11 is 0. The van der Waals surface area contributed by atoms with Gasteiger partial charge in [-0.15, -0.1) is 0 Å². The van der Waals surface area contributed by atoms with E-state index in [1.54, 1.807) is 0 Å². The average molecular weight is 212 g/mol. The van der Waals surface area contributed by atoms with Crippen LogP contribution in [0.25, 0.3) is 0 Å². The number of hydrogen-bond acceptors (Lipinski definition) is 2. The second-order valence-corrected chi connectivity index (χ2v) is 6.14. The smallest absolute Gasteiger partial charge is 0.0223 e. The summed E-state index contributed by atoms with van der Waals surface area (Å²) in [5, 5.41) is 3.68. The highest BCUT2D eigenvalue weighted by molar-refractivity contribution is 4.92. The Morgan fingerprint density at radius 1 is 1.33 bits per heavy atom. The van der Waals surface area contributed by atoms with Crippen molar-refractivity contribution in [3.63, 3.8) is 0 Å². The van der Waals surface area contributed by atoms with Crippen molar-refractivity contribution in [3.8, 4) is 0 Å². The number of nitrogens with zero attached hydrogens (tertiary/aromatic N) is 1. The molecule has 2 unspecified atom stereocenters. The third-order valence-corrected chi connectivity index (χ3v) is 3.59. The molecule has 15 heavy (non-hydrogen) atoms. The fourth-order valence-electron chi connectivity index (χ4n) is 2.46. The molecule has 0 aromatic heterocycles. The van der Waals surface area contributed by atoms with Crippen LogP contribution in [0, 0.1) is 5.92 Å². The van der Waals surface area contributed by atoms with Crippen LogP contribution < -0.4 is 5.32 Å². The van der Waals surface area contributed by atoms with Crippen molar-refractivity contribution < 1.29 is 0 Å². The van der Waals surface area contributed by atoms with Gasteiger partial charge in [-0.25, -0.2) is 0 Å². The molecule has 1 saturated heterocycles. The second kappa shape index (κ2) is 4.84. The molecule has 2 atom stereocenters. The van der Waals surface area contributed by atoms with Crippen LogP contribution in [0.2, 0.25) is 0 Å². The van der Waals surface area contributed by atoms with Crippen molar-refractivity contribution in [2.75, 3.05) is 13.1 Å². The SMILES string of the molecule is CCC1CNC(C(C)C)CN1C(C)(C)C. The van der Waals surface area contributed by atoms with Crippen LogP contribution in [-0.2, 0) is 0 Å². The van der Waals surface area contributed by atoms with E-state index >= 15 is 0 Å². The average Bonchev–Trinajstić information content (AvgIpc) is 2.15. The van der Waals surface area contributed by atoms with E-state index in [9.17, 15) is 0 Å². The molecule has 1 aliphatic heterocycles. The van der Waals surface area contributed by atoms with Gasteiger partial charge in [0.2, 0.25) is 0 Å². The normalized spacial score (nSPS) is 29.8. The Balaban J connectivity index is 2.70. The van der Waals surface area contributed by atoms with E-state index in [0.29, 0.717) is 17.6 Å². The van der Waals surface area contributed by atoms with Gasteiger partial charge < -0.3 is 5.32 Å². The molecule has 0 aromatic carbocycles. The van der Waals surface area contributed by atoms with Gasteiger partial charge in [-0.3, -0.25) is 4.90 Å². The van der Waals surface area contributed by atoms with E-state index in [1.165, 1.54) is 13.0 Å². The Hall–Kier alpha value is -0.0800. The quantitative estimate of drug-likeness (QED) is 0.756. The van der Waals surface area contributed by atoms with Crippen LogP contribution in [0.3, 0.4) is 0 Å². The predicted molar refractivity (Wildman–Crippen MR) is 67.2 cm³/mol. The van der Waals surface area contributed by atoms with E-state index < -0.39 is 0 Å². The van der Waals surface area contributed by atoms with Gasteiger partial charge in [0, 0.05) is 30.7 Å². The molecule has 1 N–H and O–H groups in total. The first-order chi connectivity index (χ1) is 6.86. The Morgan fingerprint density at radius 3 is 2.33 bits per heavy atom. The van der Waals surface area contributed by atoms with Crippen LogP contribution in [0.15, 0.2) is 0 Å². The van der Waals surface area contributed by atoms with Crippen molar-refractivity contribution in [2.24, 2.45) is 5.92 Å². The fourth-order valence-corrected chi connectivity index (χ4v) is 2.46. The fraction of sp³-hybridized carbons (Fsp3) is 1.00. The molecule has 1 rings (SSSR count). The summed E-state index contributed by atoms with van der Waals surface area (Å²) in [5.41, 5.74) is 0.302. The van der Waals surface area contributed by atoms with Crippen molar-refractivity contribution >= 4 is 0 Å². The number of hydrogen-bond donors (Lipinski definition) is 1. The van der Waals surface area contributed by atoms with E-state index in [-0.39, 0.29) is 0 Å². The molecular formula is C13H28N2. The van der Waals surface area contributed by atoms with Gasteiger partial charge in [-0.2, -0.15) is 0 Å². The number of rotatable bonds is 2. The van der Waals surface area contributed by atoms with Crippen LogP contribution >= 0.6 is 0 Å². The highest BCUT2D eigenvalue weighted by Crippen LogP contribution is 2.23. The predicted octanol–water partition coefficient (Wildman–Crippen LogP) is 2.49. The van der Waals surface area contributed by atoms with Gasteiger partial charge in [0.05, 0.1) is 0 Å². The number of piperazine rings is 1. The van der Waals surface area contributed by atoms with Gasteiger partial charge in [0.1, 0.15) is 0 Å². The summed E-state index contributed by atoms with van der Waals surface area (Å²) in [4.78, 5) is 2.67. The molecular weight excluding hydrogens is 184 g/mol. The minimum absolute atomic E-state index is 0.302. The lowest BCUT2D eigenvalue weighted by atomic mass is 9.93. The topological polar surface area (TPSA) is 15.3 Å². The molecule has 0 aromatic rings. The summed E-state index contributed by atoms with van der Waals surface area (Å²) in [5.74, 6) is 0.729. The van der Waals surface area contributed by atoms with Gasteiger partial charge in [-0.05, 0) is 33.1 Å². The van der Waals surface area contributed by atoms with Gasteiger partial charge >= 0.3 is 0 Å². The molecule has 0 bridgehead atoms. The Labute approximate surface area is 95.4 Å². The molecule has 2 nitrogen and oxygen atoms in total. The third-order valence-electron chi connectivity index (χ3n) is 3.59. The molecule has 90 valence electrons. The largest absolute Gasteiger partial charge is 0.311 e. The molecule has 0 aliphatic carbocycles. The molecule has 0 radical (unpaired) electrons. The third kappa shape index (κ3) is 3.18. The summed E-state index contributed by atoms with van der Waals surface area (Å²) in [6, 6.07) is 1.37. The van der Waals surface area contributed by atoms with Crippen LogP contribution in [0.1, 0.15) is 48.0 Å². The zero-order chi connectivity index (χ0) is 11.6. The first kappa shape index (κ1) is 13.0. The molecule has 2 heteroatoms. The maximum Gasteiger partial charge on any atom is 0.0223 e.